The number of phenols is 1. The molecule has 1 fully saturated rings. The Hall–Kier alpha value is -2.02. The van der Waals surface area contributed by atoms with Gasteiger partial charge in [-0.25, -0.2) is 0 Å². The lowest BCUT2D eigenvalue weighted by Crippen LogP contribution is -2.48. The normalized spacial score (nSPS) is 18.0. The van der Waals surface area contributed by atoms with Crippen molar-refractivity contribution in [3.63, 3.8) is 0 Å². The first-order chi connectivity index (χ1) is 10.1. The summed E-state index contributed by atoms with van der Waals surface area (Å²) in [6.07, 6.45) is 7.11. The van der Waals surface area contributed by atoms with Crippen molar-refractivity contribution in [3.05, 3.63) is 29.8 Å². The first kappa shape index (κ1) is 15.4. The van der Waals surface area contributed by atoms with Crippen molar-refractivity contribution in [2.45, 2.75) is 56.9 Å². The van der Waals surface area contributed by atoms with Gasteiger partial charge in [0.05, 0.1) is 12.5 Å². The predicted molar refractivity (Wildman–Crippen MR) is 80.6 cm³/mol. The summed E-state index contributed by atoms with van der Waals surface area (Å²) in [6, 6.07) is 9.01. The Morgan fingerprint density at radius 2 is 1.90 bits per heavy atom. The highest BCUT2D eigenvalue weighted by Crippen LogP contribution is 2.26. The van der Waals surface area contributed by atoms with Crippen molar-refractivity contribution in [2.24, 2.45) is 0 Å². The maximum absolute atomic E-state index is 12.2. The molecule has 0 bridgehead atoms. The van der Waals surface area contributed by atoms with Gasteiger partial charge in [-0.05, 0) is 30.5 Å². The number of hydrogen-bond acceptors (Lipinski definition) is 3. The summed E-state index contributed by atoms with van der Waals surface area (Å²) in [4.78, 5) is 12.2. The number of hydrogen-bond donors (Lipinski definition) is 2. The molecule has 1 aliphatic carbocycles. The monoisotopic (exact) mass is 286 g/mol. The van der Waals surface area contributed by atoms with Gasteiger partial charge in [0.2, 0.25) is 5.91 Å². The van der Waals surface area contributed by atoms with E-state index in [4.69, 9.17) is 0 Å². The van der Waals surface area contributed by atoms with Crippen LogP contribution in [-0.2, 0) is 11.2 Å². The topological polar surface area (TPSA) is 73.1 Å². The van der Waals surface area contributed by atoms with Gasteiger partial charge in [-0.15, -0.1) is 0 Å². The van der Waals surface area contributed by atoms with Crippen LogP contribution in [0.1, 0.15) is 50.5 Å². The quantitative estimate of drug-likeness (QED) is 0.897. The molecule has 4 nitrogen and oxygen atoms in total. The van der Waals surface area contributed by atoms with Crippen LogP contribution in [0.4, 0.5) is 0 Å². The van der Waals surface area contributed by atoms with Crippen molar-refractivity contribution in [1.29, 1.82) is 5.26 Å². The van der Waals surface area contributed by atoms with E-state index in [0.29, 0.717) is 0 Å². The number of carbonyl (C=O) groups excluding carboxylic acids is 1. The van der Waals surface area contributed by atoms with E-state index >= 15 is 0 Å². The van der Waals surface area contributed by atoms with Crippen LogP contribution in [0.5, 0.6) is 5.75 Å². The minimum atomic E-state index is -0.714. The summed E-state index contributed by atoms with van der Waals surface area (Å²) >= 11 is 0. The molecular weight excluding hydrogens is 264 g/mol. The van der Waals surface area contributed by atoms with Crippen molar-refractivity contribution in [3.8, 4) is 11.8 Å². The second kappa shape index (κ2) is 7.12. The summed E-state index contributed by atoms with van der Waals surface area (Å²) in [5.74, 6) is 0.00368. The zero-order valence-corrected chi connectivity index (χ0v) is 12.3. The molecule has 0 radical (unpaired) electrons. The van der Waals surface area contributed by atoms with Gasteiger partial charge in [-0.2, -0.15) is 5.26 Å². The Labute approximate surface area is 125 Å². The standard InChI is InChI=1S/C17H22N2O2/c18-13-17(9-4-2-1-3-5-10-17)19-16(21)12-14-7-6-8-15(20)11-14/h6-8,11,20H,1-5,9-10,12H2,(H,19,21). The molecule has 1 aromatic carbocycles. The molecule has 0 aromatic heterocycles. The van der Waals surface area contributed by atoms with Crippen molar-refractivity contribution >= 4 is 5.91 Å². The van der Waals surface area contributed by atoms with Crippen molar-refractivity contribution in [1.82, 2.24) is 5.32 Å². The number of benzene rings is 1. The maximum atomic E-state index is 12.2. The Kier molecular flexibility index (Phi) is 5.21. The lowest BCUT2D eigenvalue weighted by atomic mass is 9.85. The highest BCUT2D eigenvalue weighted by atomic mass is 16.3. The van der Waals surface area contributed by atoms with Gasteiger partial charge in [0.1, 0.15) is 11.3 Å². The summed E-state index contributed by atoms with van der Waals surface area (Å²) in [6.45, 7) is 0. The average molecular weight is 286 g/mol. The molecule has 21 heavy (non-hydrogen) atoms. The van der Waals surface area contributed by atoms with Crippen LogP contribution < -0.4 is 5.32 Å². The van der Waals surface area contributed by atoms with E-state index in [-0.39, 0.29) is 18.1 Å². The van der Waals surface area contributed by atoms with E-state index < -0.39 is 5.54 Å². The summed E-state index contributed by atoms with van der Waals surface area (Å²) in [5, 5.41) is 21.9. The largest absolute Gasteiger partial charge is 0.508 e. The van der Waals surface area contributed by atoms with Gasteiger partial charge in [0, 0.05) is 0 Å². The van der Waals surface area contributed by atoms with Gasteiger partial charge in [-0.1, -0.05) is 44.2 Å². The molecule has 0 heterocycles. The second-order valence-corrected chi connectivity index (χ2v) is 5.86. The first-order valence-corrected chi connectivity index (χ1v) is 7.64. The lowest BCUT2D eigenvalue weighted by Gasteiger charge is -2.29. The van der Waals surface area contributed by atoms with E-state index in [1.54, 1.807) is 24.3 Å². The van der Waals surface area contributed by atoms with Gasteiger partial charge in [0.15, 0.2) is 0 Å². The molecule has 0 spiro atoms. The Morgan fingerprint density at radius 3 is 2.52 bits per heavy atom. The van der Waals surface area contributed by atoms with E-state index in [2.05, 4.69) is 11.4 Å². The maximum Gasteiger partial charge on any atom is 0.225 e. The molecule has 1 aliphatic rings. The predicted octanol–water partition coefficient (Wildman–Crippen LogP) is 3.06. The van der Waals surface area contributed by atoms with Crippen LogP contribution in [-0.4, -0.2) is 16.6 Å². The molecular formula is C17H22N2O2. The van der Waals surface area contributed by atoms with Crippen LogP contribution in [0.3, 0.4) is 0 Å². The molecule has 0 saturated heterocycles. The van der Waals surface area contributed by atoms with E-state index in [9.17, 15) is 15.2 Å². The van der Waals surface area contributed by atoms with Gasteiger partial charge >= 0.3 is 0 Å². The molecule has 2 rings (SSSR count). The Bertz CT molecular complexity index is 526. The molecule has 1 amide bonds. The van der Waals surface area contributed by atoms with Crippen LogP contribution in [0.15, 0.2) is 24.3 Å². The molecule has 1 saturated carbocycles. The Morgan fingerprint density at radius 1 is 1.24 bits per heavy atom. The van der Waals surface area contributed by atoms with Gasteiger partial charge in [0.25, 0.3) is 0 Å². The smallest absolute Gasteiger partial charge is 0.225 e. The number of nitriles is 1. The van der Waals surface area contributed by atoms with Crippen LogP contribution in [0, 0.1) is 11.3 Å². The minimum absolute atomic E-state index is 0.150. The summed E-state index contributed by atoms with van der Waals surface area (Å²) < 4.78 is 0. The van der Waals surface area contributed by atoms with Crippen LogP contribution in [0.2, 0.25) is 0 Å². The highest BCUT2D eigenvalue weighted by molar-refractivity contribution is 5.79. The third-order valence-electron chi connectivity index (χ3n) is 4.08. The van der Waals surface area contributed by atoms with E-state index in [1.807, 2.05) is 0 Å². The zero-order valence-electron chi connectivity index (χ0n) is 12.3. The molecule has 0 aliphatic heterocycles. The van der Waals surface area contributed by atoms with Crippen molar-refractivity contribution in [2.75, 3.05) is 0 Å². The lowest BCUT2D eigenvalue weighted by molar-refractivity contribution is -0.122. The molecule has 4 heteroatoms. The fourth-order valence-electron chi connectivity index (χ4n) is 2.94. The summed E-state index contributed by atoms with van der Waals surface area (Å²) in [7, 11) is 0. The first-order valence-electron chi connectivity index (χ1n) is 7.64. The number of amides is 1. The van der Waals surface area contributed by atoms with E-state index in [0.717, 1.165) is 44.1 Å². The third-order valence-corrected chi connectivity index (χ3v) is 4.08. The number of nitrogens with zero attached hydrogens (tertiary/aromatic N) is 1. The average Bonchev–Trinajstić information content (AvgIpc) is 2.42. The number of rotatable bonds is 3. The van der Waals surface area contributed by atoms with Gasteiger partial charge < -0.3 is 10.4 Å². The van der Waals surface area contributed by atoms with Crippen LogP contribution in [0.25, 0.3) is 0 Å². The summed E-state index contributed by atoms with van der Waals surface area (Å²) in [5.41, 5.74) is 0.0420. The number of carbonyl (C=O) groups is 1. The fourth-order valence-corrected chi connectivity index (χ4v) is 2.94. The third kappa shape index (κ3) is 4.49. The molecule has 2 N–H and O–H groups in total. The second-order valence-electron chi connectivity index (χ2n) is 5.86. The SMILES string of the molecule is N#CC1(NC(=O)Cc2cccc(O)c2)CCCCCCC1. The van der Waals surface area contributed by atoms with Gasteiger partial charge in [-0.3, -0.25) is 4.79 Å². The minimum Gasteiger partial charge on any atom is -0.508 e. The number of phenolic OH excluding ortho intramolecular Hbond substituents is 1. The fraction of sp³-hybridized carbons (Fsp3) is 0.529. The van der Waals surface area contributed by atoms with Crippen molar-refractivity contribution < 1.29 is 9.90 Å². The van der Waals surface area contributed by atoms with Crippen LogP contribution >= 0.6 is 0 Å². The molecule has 1 aromatic rings. The molecule has 0 unspecified atom stereocenters. The number of nitrogens with one attached hydrogen (secondary N) is 1. The number of aromatic hydroxyl groups is 1. The van der Waals surface area contributed by atoms with E-state index in [1.165, 1.54) is 6.42 Å². The molecule has 0 atom stereocenters. The molecule has 112 valence electrons. The zero-order chi connectivity index (χ0) is 15.1. The Balaban J connectivity index is 2.00. The highest BCUT2D eigenvalue weighted by Gasteiger charge is 2.31.